The van der Waals surface area contributed by atoms with Gasteiger partial charge in [-0.2, -0.15) is 5.26 Å². The van der Waals surface area contributed by atoms with E-state index in [1.54, 1.807) is 0 Å². The fourth-order valence-corrected chi connectivity index (χ4v) is 3.03. The molecule has 0 radical (unpaired) electrons. The van der Waals surface area contributed by atoms with E-state index < -0.39 is 0 Å². The van der Waals surface area contributed by atoms with E-state index in [1.807, 2.05) is 24.3 Å². The lowest BCUT2D eigenvalue weighted by Gasteiger charge is -2.47. The van der Waals surface area contributed by atoms with Crippen LogP contribution in [0.2, 0.25) is 0 Å². The number of likely N-dealkylation sites (tertiary alicyclic amines) is 1. The first-order chi connectivity index (χ1) is 8.95. The van der Waals surface area contributed by atoms with Gasteiger partial charge in [0.05, 0.1) is 17.7 Å². The summed E-state index contributed by atoms with van der Waals surface area (Å²) >= 11 is 0. The highest BCUT2D eigenvalue weighted by Gasteiger charge is 2.37. The molecule has 1 aromatic rings. The normalized spacial score (nSPS) is 25.0. The molecule has 19 heavy (non-hydrogen) atoms. The molecule has 0 amide bonds. The van der Waals surface area contributed by atoms with Gasteiger partial charge in [-0.15, -0.1) is 0 Å². The molecule has 1 aromatic carbocycles. The van der Waals surface area contributed by atoms with Crippen LogP contribution in [0, 0.1) is 11.3 Å². The minimum Gasteiger partial charge on any atom is -0.326 e. The second-order valence-corrected chi connectivity index (χ2v) is 6.31. The summed E-state index contributed by atoms with van der Waals surface area (Å²) in [6.45, 7) is 7.69. The summed E-state index contributed by atoms with van der Waals surface area (Å²) in [5.41, 5.74) is 8.26. The van der Waals surface area contributed by atoms with E-state index in [2.05, 4.69) is 31.7 Å². The summed E-state index contributed by atoms with van der Waals surface area (Å²) in [6.07, 6.45) is 2.15. The summed E-state index contributed by atoms with van der Waals surface area (Å²) in [7, 11) is 0. The maximum atomic E-state index is 9.32. The Kier molecular flexibility index (Phi) is 3.93. The van der Waals surface area contributed by atoms with Gasteiger partial charge in [0.15, 0.2) is 0 Å². The van der Waals surface area contributed by atoms with Crippen LogP contribution in [-0.4, -0.2) is 23.0 Å². The van der Waals surface area contributed by atoms with Crippen LogP contribution < -0.4 is 5.73 Å². The minimum absolute atomic E-state index is 0.0608. The van der Waals surface area contributed by atoms with E-state index in [1.165, 1.54) is 0 Å². The average Bonchev–Trinajstić information content (AvgIpc) is 2.37. The third kappa shape index (κ3) is 2.80. The van der Waals surface area contributed by atoms with Gasteiger partial charge in [0.25, 0.3) is 0 Å². The molecule has 0 aliphatic carbocycles. The van der Waals surface area contributed by atoms with E-state index in [4.69, 9.17) is 5.73 Å². The molecule has 1 saturated heterocycles. The summed E-state index contributed by atoms with van der Waals surface area (Å²) in [5, 5.41) is 9.32. The molecular formula is C16H23N3. The molecular weight excluding hydrogens is 234 g/mol. The fraction of sp³-hybridized carbons (Fsp3) is 0.562. The summed E-state index contributed by atoms with van der Waals surface area (Å²) in [4.78, 5) is 2.44. The Labute approximate surface area is 116 Å². The molecule has 2 N–H and O–H groups in total. The van der Waals surface area contributed by atoms with Gasteiger partial charge in [0.2, 0.25) is 0 Å². The molecule has 1 fully saturated rings. The second kappa shape index (κ2) is 5.32. The number of nitriles is 1. The summed E-state index contributed by atoms with van der Waals surface area (Å²) in [5.74, 6) is 0. The maximum absolute atomic E-state index is 9.32. The van der Waals surface area contributed by atoms with Crippen LogP contribution in [0.25, 0.3) is 0 Å². The Morgan fingerprint density at radius 3 is 2.63 bits per heavy atom. The number of rotatable bonds is 1. The van der Waals surface area contributed by atoms with Crippen molar-refractivity contribution in [2.45, 2.75) is 51.2 Å². The first-order valence-corrected chi connectivity index (χ1v) is 6.96. The molecule has 3 heteroatoms. The second-order valence-electron chi connectivity index (χ2n) is 6.31. The standard InChI is InChI=1S/C16H23N3/c1-16(2,3)19-10-6-9-14(18)15(19)13-8-5-4-7-12(13)11-17/h4-5,7-8,14-15H,6,9-10,18H2,1-3H3. The van der Waals surface area contributed by atoms with Crippen LogP contribution in [0.4, 0.5) is 0 Å². The van der Waals surface area contributed by atoms with E-state index >= 15 is 0 Å². The Morgan fingerprint density at radius 1 is 1.32 bits per heavy atom. The van der Waals surface area contributed by atoms with Crippen molar-refractivity contribution < 1.29 is 0 Å². The number of hydrogen-bond acceptors (Lipinski definition) is 3. The topological polar surface area (TPSA) is 53.0 Å². The van der Waals surface area contributed by atoms with Gasteiger partial charge in [-0.25, -0.2) is 0 Å². The van der Waals surface area contributed by atoms with Crippen LogP contribution >= 0.6 is 0 Å². The lowest BCUT2D eigenvalue weighted by Crippen LogP contribution is -2.53. The highest BCUT2D eigenvalue weighted by molar-refractivity contribution is 5.40. The Balaban J connectivity index is 2.46. The molecule has 0 spiro atoms. The first-order valence-electron chi connectivity index (χ1n) is 6.96. The molecule has 2 rings (SSSR count). The van der Waals surface area contributed by atoms with Crippen molar-refractivity contribution in [2.24, 2.45) is 5.73 Å². The van der Waals surface area contributed by atoms with Gasteiger partial charge in [-0.3, -0.25) is 4.90 Å². The summed E-state index contributed by atoms with van der Waals surface area (Å²) in [6, 6.07) is 10.4. The number of piperidine rings is 1. The zero-order valence-electron chi connectivity index (χ0n) is 12.1. The van der Waals surface area contributed by atoms with E-state index in [9.17, 15) is 5.26 Å². The van der Waals surface area contributed by atoms with Crippen LogP contribution in [0.5, 0.6) is 0 Å². The average molecular weight is 257 g/mol. The van der Waals surface area contributed by atoms with Crippen molar-refractivity contribution in [1.29, 1.82) is 5.26 Å². The number of benzene rings is 1. The monoisotopic (exact) mass is 257 g/mol. The highest BCUT2D eigenvalue weighted by Crippen LogP contribution is 2.36. The number of nitrogens with two attached hydrogens (primary N) is 1. The van der Waals surface area contributed by atoms with Gasteiger partial charge in [-0.1, -0.05) is 18.2 Å². The van der Waals surface area contributed by atoms with Gasteiger partial charge in [0, 0.05) is 11.6 Å². The SMILES string of the molecule is CC(C)(C)N1CCCC(N)C1c1ccccc1C#N. The molecule has 3 nitrogen and oxygen atoms in total. The third-order valence-corrected chi connectivity index (χ3v) is 3.94. The smallest absolute Gasteiger partial charge is 0.0995 e. The lowest BCUT2D eigenvalue weighted by atomic mass is 9.85. The highest BCUT2D eigenvalue weighted by atomic mass is 15.2. The number of nitrogens with zero attached hydrogens (tertiary/aromatic N) is 2. The molecule has 1 aliphatic rings. The third-order valence-electron chi connectivity index (χ3n) is 3.94. The summed E-state index contributed by atoms with van der Waals surface area (Å²) < 4.78 is 0. The molecule has 1 heterocycles. The van der Waals surface area contributed by atoms with Crippen LogP contribution in [0.15, 0.2) is 24.3 Å². The predicted molar refractivity (Wildman–Crippen MR) is 77.6 cm³/mol. The molecule has 102 valence electrons. The zero-order valence-corrected chi connectivity index (χ0v) is 12.1. The van der Waals surface area contributed by atoms with Gasteiger partial charge in [-0.05, 0) is 51.8 Å². The molecule has 2 atom stereocenters. The van der Waals surface area contributed by atoms with Gasteiger partial charge >= 0.3 is 0 Å². The van der Waals surface area contributed by atoms with Crippen LogP contribution in [0.1, 0.15) is 50.8 Å². The fourth-order valence-electron chi connectivity index (χ4n) is 3.03. The van der Waals surface area contributed by atoms with Crippen LogP contribution in [-0.2, 0) is 0 Å². The van der Waals surface area contributed by atoms with Crippen molar-refractivity contribution >= 4 is 0 Å². The largest absolute Gasteiger partial charge is 0.326 e. The Morgan fingerprint density at radius 2 is 2.00 bits per heavy atom. The minimum atomic E-state index is 0.0608. The van der Waals surface area contributed by atoms with E-state index in [0.29, 0.717) is 0 Å². The lowest BCUT2D eigenvalue weighted by molar-refractivity contribution is 0.0383. The molecule has 2 unspecified atom stereocenters. The van der Waals surface area contributed by atoms with E-state index in [-0.39, 0.29) is 17.6 Å². The van der Waals surface area contributed by atoms with Crippen molar-refractivity contribution in [1.82, 2.24) is 4.90 Å². The van der Waals surface area contributed by atoms with Crippen molar-refractivity contribution in [3.8, 4) is 6.07 Å². The Bertz CT molecular complexity index is 482. The molecule has 0 bridgehead atoms. The number of hydrogen-bond donors (Lipinski definition) is 1. The van der Waals surface area contributed by atoms with E-state index in [0.717, 1.165) is 30.5 Å². The Hall–Kier alpha value is -1.37. The maximum Gasteiger partial charge on any atom is 0.0995 e. The molecule has 1 aliphatic heterocycles. The zero-order chi connectivity index (χ0) is 14.0. The van der Waals surface area contributed by atoms with Crippen molar-refractivity contribution in [3.05, 3.63) is 35.4 Å². The van der Waals surface area contributed by atoms with Crippen LogP contribution in [0.3, 0.4) is 0 Å². The molecule has 0 saturated carbocycles. The quantitative estimate of drug-likeness (QED) is 0.841. The van der Waals surface area contributed by atoms with Gasteiger partial charge in [0.1, 0.15) is 0 Å². The van der Waals surface area contributed by atoms with Gasteiger partial charge < -0.3 is 5.73 Å². The predicted octanol–water partition coefficient (Wildman–Crippen LogP) is 2.82. The first kappa shape index (κ1) is 14.0. The van der Waals surface area contributed by atoms with Crippen molar-refractivity contribution in [3.63, 3.8) is 0 Å². The van der Waals surface area contributed by atoms with Crippen molar-refractivity contribution in [2.75, 3.05) is 6.54 Å². The molecule has 0 aromatic heterocycles.